The van der Waals surface area contributed by atoms with Crippen molar-refractivity contribution in [1.82, 2.24) is 0 Å². The van der Waals surface area contributed by atoms with Crippen LogP contribution in [0.1, 0.15) is 311 Å². The monoisotopic (exact) mass is 877 g/mol. The topological polar surface area (TPSA) is 78.9 Å². The van der Waals surface area contributed by atoms with Gasteiger partial charge in [0.05, 0.1) is 0 Å². The Bertz CT molecular complexity index is 949. The van der Waals surface area contributed by atoms with E-state index in [0.717, 1.165) is 69.6 Å². The lowest BCUT2D eigenvalue weighted by Gasteiger charge is -2.18. The van der Waals surface area contributed by atoms with Gasteiger partial charge in [-0.05, 0) is 31.1 Å². The smallest absolute Gasteiger partial charge is 0.306 e. The van der Waals surface area contributed by atoms with Crippen LogP contribution in [0.4, 0.5) is 0 Å². The third-order valence-electron chi connectivity index (χ3n) is 13.1. The molecule has 0 heterocycles. The Morgan fingerprint density at radius 1 is 0.339 bits per heavy atom. The van der Waals surface area contributed by atoms with Crippen molar-refractivity contribution in [2.45, 2.75) is 317 Å². The Morgan fingerprint density at radius 3 is 0.919 bits per heavy atom. The van der Waals surface area contributed by atoms with Crippen LogP contribution in [0.15, 0.2) is 0 Å². The summed E-state index contributed by atoms with van der Waals surface area (Å²) in [4.78, 5) is 38.0. The van der Waals surface area contributed by atoms with Gasteiger partial charge in [0.25, 0.3) is 0 Å². The maximum atomic E-state index is 12.8. The fourth-order valence-electron chi connectivity index (χ4n) is 8.49. The van der Waals surface area contributed by atoms with Gasteiger partial charge in [0.15, 0.2) is 6.10 Å². The van der Waals surface area contributed by atoms with Gasteiger partial charge in [-0.3, -0.25) is 14.4 Å². The van der Waals surface area contributed by atoms with E-state index < -0.39 is 6.10 Å². The van der Waals surface area contributed by atoms with E-state index in [9.17, 15) is 14.4 Å². The number of carbonyl (C=O) groups excluding carboxylic acids is 3. The van der Waals surface area contributed by atoms with Crippen LogP contribution in [0.2, 0.25) is 0 Å². The van der Waals surface area contributed by atoms with Crippen LogP contribution in [0.5, 0.6) is 0 Å². The highest BCUT2D eigenvalue weighted by Gasteiger charge is 2.19. The van der Waals surface area contributed by atoms with E-state index in [2.05, 4.69) is 34.6 Å². The molecule has 0 saturated heterocycles. The largest absolute Gasteiger partial charge is 0.462 e. The zero-order valence-corrected chi connectivity index (χ0v) is 42.5. The maximum absolute atomic E-state index is 12.8. The van der Waals surface area contributed by atoms with Crippen LogP contribution in [-0.4, -0.2) is 37.2 Å². The molecule has 62 heavy (non-hydrogen) atoms. The molecule has 0 aliphatic rings. The van der Waals surface area contributed by atoms with Gasteiger partial charge in [-0.15, -0.1) is 0 Å². The molecule has 0 aromatic heterocycles. The minimum atomic E-state index is -0.762. The van der Waals surface area contributed by atoms with Crippen LogP contribution < -0.4 is 0 Å². The SMILES string of the molecule is CCCCCCCCCCCCCC(=O)OC[C@@H](COC(=O)CCCCCCCCCCCCCCCCC(C)CC)OC(=O)CCCCCCCCCCCCCCC(C)C. The minimum absolute atomic E-state index is 0.0630. The highest BCUT2D eigenvalue weighted by atomic mass is 16.6. The molecule has 6 heteroatoms. The molecule has 0 amide bonds. The van der Waals surface area contributed by atoms with E-state index in [0.29, 0.717) is 19.3 Å². The van der Waals surface area contributed by atoms with E-state index in [-0.39, 0.29) is 31.1 Å². The van der Waals surface area contributed by atoms with Crippen LogP contribution >= 0.6 is 0 Å². The highest BCUT2D eigenvalue weighted by Crippen LogP contribution is 2.18. The number of hydrogen-bond donors (Lipinski definition) is 0. The van der Waals surface area contributed by atoms with Gasteiger partial charge in [0.1, 0.15) is 13.2 Å². The van der Waals surface area contributed by atoms with Crippen molar-refractivity contribution >= 4 is 17.9 Å². The maximum Gasteiger partial charge on any atom is 0.306 e. The summed E-state index contributed by atoms with van der Waals surface area (Å²) < 4.78 is 16.8. The molecule has 0 aromatic rings. The van der Waals surface area contributed by atoms with Crippen molar-refractivity contribution in [2.75, 3.05) is 13.2 Å². The minimum Gasteiger partial charge on any atom is -0.462 e. The van der Waals surface area contributed by atoms with E-state index in [4.69, 9.17) is 14.2 Å². The van der Waals surface area contributed by atoms with Gasteiger partial charge in [0.2, 0.25) is 0 Å². The third-order valence-corrected chi connectivity index (χ3v) is 13.1. The molecule has 1 unspecified atom stereocenters. The first-order chi connectivity index (χ1) is 30.3. The van der Waals surface area contributed by atoms with Crippen molar-refractivity contribution in [3.63, 3.8) is 0 Å². The quantitative estimate of drug-likeness (QED) is 0.0344. The molecule has 0 rings (SSSR count). The predicted molar refractivity (Wildman–Crippen MR) is 266 cm³/mol. The van der Waals surface area contributed by atoms with Crippen molar-refractivity contribution in [1.29, 1.82) is 0 Å². The molecule has 0 spiro atoms. The molecule has 0 N–H and O–H groups in total. The van der Waals surface area contributed by atoms with Crippen LogP contribution in [0, 0.1) is 11.8 Å². The van der Waals surface area contributed by atoms with Crippen molar-refractivity contribution < 1.29 is 28.6 Å². The number of rotatable bonds is 50. The van der Waals surface area contributed by atoms with Gasteiger partial charge in [0, 0.05) is 19.3 Å². The average Bonchev–Trinajstić information content (AvgIpc) is 3.26. The fourth-order valence-corrected chi connectivity index (χ4v) is 8.49. The first-order valence-corrected chi connectivity index (χ1v) is 27.8. The molecule has 0 aliphatic carbocycles. The van der Waals surface area contributed by atoms with E-state index >= 15 is 0 Å². The van der Waals surface area contributed by atoms with Gasteiger partial charge >= 0.3 is 17.9 Å². The molecule has 368 valence electrons. The summed E-state index contributed by atoms with van der Waals surface area (Å²) >= 11 is 0. The molecule has 0 fully saturated rings. The summed E-state index contributed by atoms with van der Waals surface area (Å²) in [5, 5.41) is 0. The molecule has 0 radical (unpaired) electrons. The number of hydrogen-bond acceptors (Lipinski definition) is 6. The first kappa shape index (κ1) is 60.4. The van der Waals surface area contributed by atoms with E-state index in [1.807, 2.05) is 0 Å². The lowest BCUT2D eigenvalue weighted by molar-refractivity contribution is -0.167. The van der Waals surface area contributed by atoms with Crippen molar-refractivity contribution in [3.8, 4) is 0 Å². The second kappa shape index (κ2) is 48.9. The normalized spacial score (nSPS) is 12.5. The van der Waals surface area contributed by atoms with Gasteiger partial charge < -0.3 is 14.2 Å². The van der Waals surface area contributed by atoms with E-state index in [1.54, 1.807) is 0 Å². The highest BCUT2D eigenvalue weighted by molar-refractivity contribution is 5.71. The second-order valence-corrected chi connectivity index (χ2v) is 19.9. The second-order valence-electron chi connectivity index (χ2n) is 19.9. The average molecular weight is 877 g/mol. The van der Waals surface area contributed by atoms with Crippen LogP contribution in [-0.2, 0) is 28.6 Å². The zero-order valence-electron chi connectivity index (χ0n) is 42.5. The summed E-state index contributed by atoms with van der Waals surface area (Å²) in [7, 11) is 0. The molecule has 2 atom stereocenters. The third kappa shape index (κ3) is 47.9. The number of unbranched alkanes of at least 4 members (excludes halogenated alkanes) is 34. The molecular weight excluding hydrogens is 769 g/mol. The molecule has 0 bridgehead atoms. The summed E-state index contributed by atoms with van der Waals surface area (Å²) in [6, 6.07) is 0. The summed E-state index contributed by atoms with van der Waals surface area (Å²) in [5.41, 5.74) is 0. The van der Waals surface area contributed by atoms with Crippen molar-refractivity contribution in [3.05, 3.63) is 0 Å². The number of ether oxygens (including phenoxy) is 3. The zero-order chi connectivity index (χ0) is 45.4. The Hall–Kier alpha value is -1.59. The lowest BCUT2D eigenvalue weighted by Crippen LogP contribution is -2.30. The summed E-state index contributed by atoms with van der Waals surface area (Å²) in [6.07, 6.45) is 50.8. The Kier molecular flexibility index (Phi) is 47.6. The number of esters is 3. The molecule has 0 aliphatic heterocycles. The summed E-state index contributed by atoms with van der Waals surface area (Å²) in [5.74, 6) is 0.885. The molecule has 0 saturated carbocycles. The predicted octanol–water partition coefficient (Wildman–Crippen LogP) is 18.1. The molecule has 6 nitrogen and oxygen atoms in total. The Morgan fingerprint density at radius 2 is 0.613 bits per heavy atom. The van der Waals surface area contributed by atoms with Gasteiger partial charge in [-0.1, -0.05) is 272 Å². The van der Waals surface area contributed by atoms with Gasteiger partial charge in [-0.2, -0.15) is 0 Å². The lowest BCUT2D eigenvalue weighted by atomic mass is 9.99. The Balaban J connectivity index is 4.27. The standard InChI is InChI=1S/C56H108O6/c1-6-8-9-10-11-12-19-26-31-36-41-46-54(57)60-49-53(62-56(59)48-43-38-33-28-23-18-17-20-24-29-34-39-44-51(3)4)50-61-55(58)47-42-37-32-27-22-16-14-13-15-21-25-30-35-40-45-52(5)7-2/h51-53H,6-50H2,1-5H3/t52?,53-/m0/s1. The first-order valence-electron chi connectivity index (χ1n) is 27.8. The van der Waals surface area contributed by atoms with Crippen LogP contribution in [0.25, 0.3) is 0 Å². The van der Waals surface area contributed by atoms with E-state index in [1.165, 1.54) is 199 Å². The molecule has 0 aromatic carbocycles. The summed E-state index contributed by atoms with van der Waals surface area (Å²) in [6.45, 7) is 11.4. The van der Waals surface area contributed by atoms with Crippen LogP contribution in [0.3, 0.4) is 0 Å². The molecular formula is C56H108O6. The van der Waals surface area contributed by atoms with Gasteiger partial charge in [-0.25, -0.2) is 0 Å². The van der Waals surface area contributed by atoms with Crippen molar-refractivity contribution in [2.24, 2.45) is 11.8 Å². The fraction of sp³-hybridized carbons (Fsp3) is 0.946. The number of carbonyl (C=O) groups is 3. The Labute approximate surface area is 387 Å².